The zero-order chi connectivity index (χ0) is 13.0. The molecule has 0 aromatic carbocycles. The number of nitrogens with zero attached hydrogens (tertiary/aromatic N) is 1. The summed E-state index contributed by atoms with van der Waals surface area (Å²) < 4.78 is 0. The maximum absolute atomic E-state index is 12.3. The molecule has 2 aliphatic rings. The number of carbonyl (C=O) groups is 1. The molecule has 1 spiro atoms. The lowest BCUT2D eigenvalue weighted by Crippen LogP contribution is -2.52. The first-order valence-electron chi connectivity index (χ1n) is 7.64. The Hall–Kier alpha value is -0.570. The smallest absolute Gasteiger partial charge is 0.222 e. The van der Waals surface area contributed by atoms with Crippen LogP contribution < -0.4 is 5.32 Å². The molecular weight excluding hydrogens is 224 g/mol. The van der Waals surface area contributed by atoms with Crippen LogP contribution in [0.5, 0.6) is 0 Å². The number of hydrogen-bond donors (Lipinski definition) is 1. The zero-order valence-electron chi connectivity index (χ0n) is 12.0. The van der Waals surface area contributed by atoms with Gasteiger partial charge in [0.15, 0.2) is 0 Å². The molecule has 2 aliphatic heterocycles. The third-order valence-electron chi connectivity index (χ3n) is 4.79. The van der Waals surface area contributed by atoms with Crippen molar-refractivity contribution in [3.63, 3.8) is 0 Å². The van der Waals surface area contributed by atoms with Gasteiger partial charge in [-0.25, -0.2) is 0 Å². The van der Waals surface area contributed by atoms with Crippen molar-refractivity contribution in [1.82, 2.24) is 10.2 Å². The van der Waals surface area contributed by atoms with Crippen LogP contribution in [0.2, 0.25) is 0 Å². The van der Waals surface area contributed by atoms with Crippen molar-refractivity contribution in [2.24, 2.45) is 11.3 Å². The highest BCUT2D eigenvalue weighted by atomic mass is 16.2. The highest BCUT2D eigenvalue weighted by Crippen LogP contribution is 2.36. The Morgan fingerprint density at radius 2 is 2.17 bits per heavy atom. The fraction of sp³-hybridized carbons (Fsp3) is 0.933. The van der Waals surface area contributed by atoms with Crippen LogP contribution in [-0.4, -0.2) is 37.0 Å². The fourth-order valence-corrected chi connectivity index (χ4v) is 3.37. The normalized spacial score (nSPS) is 30.4. The lowest BCUT2D eigenvalue weighted by atomic mass is 9.74. The molecule has 0 bridgehead atoms. The minimum atomic E-state index is 0.383. The zero-order valence-corrected chi connectivity index (χ0v) is 12.0. The predicted molar refractivity (Wildman–Crippen MR) is 74.4 cm³/mol. The summed E-state index contributed by atoms with van der Waals surface area (Å²) >= 11 is 0. The Kier molecular flexibility index (Phi) is 4.66. The van der Waals surface area contributed by atoms with E-state index in [0.717, 1.165) is 39.0 Å². The lowest BCUT2D eigenvalue weighted by molar-refractivity contribution is -0.136. The van der Waals surface area contributed by atoms with Crippen molar-refractivity contribution in [1.29, 1.82) is 0 Å². The van der Waals surface area contributed by atoms with Gasteiger partial charge < -0.3 is 10.2 Å². The number of nitrogens with one attached hydrogen (secondary N) is 1. The van der Waals surface area contributed by atoms with Crippen LogP contribution in [0.25, 0.3) is 0 Å². The SMILES string of the molecule is CCC(C)CC(=O)N1CCCC2(CCCNC2)C1. The standard InChI is InChI=1S/C15H28N2O/c1-3-13(2)10-14(18)17-9-5-7-15(12-17)6-4-8-16-11-15/h13,16H,3-12H2,1-2H3. The second-order valence-electron chi connectivity index (χ2n) is 6.42. The average molecular weight is 252 g/mol. The van der Waals surface area contributed by atoms with Crippen LogP contribution in [0.3, 0.4) is 0 Å². The Morgan fingerprint density at radius 1 is 1.39 bits per heavy atom. The highest BCUT2D eigenvalue weighted by molar-refractivity contribution is 5.76. The first kappa shape index (κ1) is 13.9. The van der Waals surface area contributed by atoms with Gasteiger partial charge in [-0.1, -0.05) is 20.3 Å². The summed E-state index contributed by atoms with van der Waals surface area (Å²) in [6.07, 6.45) is 6.90. The van der Waals surface area contributed by atoms with Gasteiger partial charge in [-0.15, -0.1) is 0 Å². The largest absolute Gasteiger partial charge is 0.342 e. The average Bonchev–Trinajstić information content (AvgIpc) is 2.39. The third-order valence-corrected chi connectivity index (χ3v) is 4.79. The van der Waals surface area contributed by atoms with E-state index in [2.05, 4.69) is 24.1 Å². The first-order chi connectivity index (χ1) is 8.65. The van der Waals surface area contributed by atoms with Crippen LogP contribution in [-0.2, 0) is 4.79 Å². The molecule has 0 aliphatic carbocycles. The second-order valence-corrected chi connectivity index (χ2v) is 6.42. The Morgan fingerprint density at radius 3 is 2.83 bits per heavy atom. The summed E-state index contributed by atoms with van der Waals surface area (Å²) in [5.41, 5.74) is 0.390. The lowest BCUT2D eigenvalue weighted by Gasteiger charge is -2.45. The van der Waals surface area contributed by atoms with Crippen molar-refractivity contribution in [2.75, 3.05) is 26.2 Å². The molecule has 2 atom stereocenters. The molecule has 0 aromatic heterocycles. The van der Waals surface area contributed by atoms with Gasteiger partial charge in [0, 0.05) is 31.5 Å². The Bertz CT molecular complexity index is 279. The molecule has 0 aromatic rings. The summed E-state index contributed by atoms with van der Waals surface area (Å²) in [6, 6.07) is 0. The topological polar surface area (TPSA) is 32.3 Å². The van der Waals surface area contributed by atoms with E-state index < -0.39 is 0 Å². The maximum Gasteiger partial charge on any atom is 0.222 e. The van der Waals surface area contributed by atoms with Crippen molar-refractivity contribution in [2.45, 2.75) is 52.4 Å². The fourth-order valence-electron chi connectivity index (χ4n) is 3.37. The maximum atomic E-state index is 12.3. The van der Waals surface area contributed by atoms with Crippen LogP contribution in [0.15, 0.2) is 0 Å². The monoisotopic (exact) mass is 252 g/mol. The Labute approximate surface area is 111 Å². The predicted octanol–water partition coefficient (Wildman–Crippen LogP) is 2.41. The molecule has 2 fully saturated rings. The molecular formula is C15H28N2O. The number of rotatable bonds is 3. The van der Waals surface area contributed by atoms with Gasteiger partial charge >= 0.3 is 0 Å². The van der Waals surface area contributed by atoms with Gasteiger partial charge in [0.05, 0.1) is 0 Å². The molecule has 1 N–H and O–H groups in total. The van der Waals surface area contributed by atoms with E-state index in [1.54, 1.807) is 0 Å². The number of carbonyl (C=O) groups excluding carboxylic acids is 1. The number of hydrogen-bond acceptors (Lipinski definition) is 2. The van der Waals surface area contributed by atoms with E-state index >= 15 is 0 Å². The summed E-state index contributed by atoms with van der Waals surface area (Å²) in [5.74, 6) is 0.911. The van der Waals surface area contributed by atoms with Gasteiger partial charge in [0.25, 0.3) is 0 Å². The van der Waals surface area contributed by atoms with E-state index in [1.807, 2.05) is 0 Å². The summed E-state index contributed by atoms with van der Waals surface area (Å²) in [7, 11) is 0. The van der Waals surface area contributed by atoms with E-state index in [4.69, 9.17) is 0 Å². The van der Waals surface area contributed by atoms with Crippen molar-refractivity contribution >= 4 is 5.91 Å². The van der Waals surface area contributed by atoms with Gasteiger partial charge in [-0.3, -0.25) is 4.79 Å². The van der Waals surface area contributed by atoms with Gasteiger partial charge in [-0.2, -0.15) is 0 Å². The highest BCUT2D eigenvalue weighted by Gasteiger charge is 2.37. The minimum absolute atomic E-state index is 0.383. The summed E-state index contributed by atoms with van der Waals surface area (Å²) in [5, 5.41) is 3.52. The molecule has 0 saturated carbocycles. The molecule has 1 amide bonds. The Balaban J connectivity index is 1.91. The molecule has 18 heavy (non-hydrogen) atoms. The molecule has 2 unspecified atom stereocenters. The van der Waals surface area contributed by atoms with Crippen LogP contribution >= 0.6 is 0 Å². The molecule has 3 nitrogen and oxygen atoms in total. The molecule has 2 heterocycles. The van der Waals surface area contributed by atoms with E-state index in [0.29, 0.717) is 17.2 Å². The van der Waals surface area contributed by atoms with Crippen molar-refractivity contribution in [3.8, 4) is 0 Å². The van der Waals surface area contributed by atoms with Crippen LogP contribution in [0.1, 0.15) is 52.4 Å². The third kappa shape index (κ3) is 3.25. The minimum Gasteiger partial charge on any atom is -0.342 e. The molecule has 0 radical (unpaired) electrons. The molecule has 2 saturated heterocycles. The molecule has 3 heteroatoms. The van der Waals surface area contributed by atoms with Crippen molar-refractivity contribution in [3.05, 3.63) is 0 Å². The molecule has 2 rings (SSSR count). The number of likely N-dealkylation sites (tertiary alicyclic amines) is 1. The van der Waals surface area contributed by atoms with Crippen LogP contribution in [0.4, 0.5) is 0 Å². The van der Waals surface area contributed by atoms with E-state index in [1.165, 1.54) is 25.7 Å². The molecule has 104 valence electrons. The first-order valence-corrected chi connectivity index (χ1v) is 7.64. The van der Waals surface area contributed by atoms with Gasteiger partial charge in [-0.05, 0) is 38.1 Å². The van der Waals surface area contributed by atoms with Crippen LogP contribution in [0, 0.1) is 11.3 Å². The van der Waals surface area contributed by atoms with Gasteiger partial charge in [0.2, 0.25) is 5.91 Å². The van der Waals surface area contributed by atoms with Gasteiger partial charge in [0.1, 0.15) is 0 Å². The van der Waals surface area contributed by atoms with Crippen molar-refractivity contribution < 1.29 is 4.79 Å². The quantitative estimate of drug-likeness (QED) is 0.836. The summed E-state index contributed by atoms with van der Waals surface area (Å²) in [4.78, 5) is 14.4. The second kappa shape index (κ2) is 6.05. The summed E-state index contributed by atoms with van der Waals surface area (Å²) in [6.45, 7) is 8.59. The number of piperidine rings is 2. The van der Waals surface area contributed by atoms with E-state index in [-0.39, 0.29) is 0 Å². The number of amides is 1. The van der Waals surface area contributed by atoms with E-state index in [9.17, 15) is 4.79 Å².